The Labute approximate surface area is 122 Å². The van der Waals surface area contributed by atoms with Crippen molar-refractivity contribution in [3.05, 3.63) is 48.0 Å². The Morgan fingerprint density at radius 1 is 1.00 bits per heavy atom. The maximum Gasteiger partial charge on any atom is 0.0500 e. The van der Waals surface area contributed by atoms with Crippen molar-refractivity contribution in [3.8, 4) is 0 Å². The zero-order chi connectivity index (χ0) is 14.4. The molecule has 0 saturated heterocycles. The summed E-state index contributed by atoms with van der Waals surface area (Å²) in [7, 11) is 0. The number of benzene rings is 2. The van der Waals surface area contributed by atoms with E-state index < -0.39 is 0 Å². The molecule has 0 aromatic heterocycles. The number of aliphatic hydroxyl groups excluding tert-OH is 1. The van der Waals surface area contributed by atoms with Crippen molar-refractivity contribution >= 4 is 10.8 Å². The zero-order valence-corrected chi connectivity index (χ0v) is 12.5. The van der Waals surface area contributed by atoms with Crippen LogP contribution in [0, 0.1) is 0 Å². The lowest BCUT2D eigenvalue weighted by Crippen LogP contribution is -2.25. The van der Waals surface area contributed by atoms with Crippen molar-refractivity contribution in [3.63, 3.8) is 0 Å². The van der Waals surface area contributed by atoms with E-state index in [1.54, 1.807) is 0 Å². The summed E-state index contributed by atoms with van der Waals surface area (Å²) in [5, 5.41) is 12.2. The van der Waals surface area contributed by atoms with Crippen molar-refractivity contribution in [2.75, 3.05) is 26.2 Å². The summed E-state index contributed by atoms with van der Waals surface area (Å²) in [4.78, 5) is 2.41. The summed E-state index contributed by atoms with van der Waals surface area (Å²) in [6, 6.07) is 14.9. The van der Waals surface area contributed by atoms with Crippen LogP contribution in [-0.4, -0.2) is 36.2 Å². The third-order valence-electron chi connectivity index (χ3n) is 4.15. The molecule has 0 spiro atoms. The fraction of sp³-hybridized carbons (Fsp3) is 0.444. The second-order valence-corrected chi connectivity index (χ2v) is 5.30. The first-order valence-corrected chi connectivity index (χ1v) is 7.60. The molecule has 1 unspecified atom stereocenters. The largest absolute Gasteiger partial charge is 0.396 e. The van der Waals surface area contributed by atoms with Gasteiger partial charge in [-0.2, -0.15) is 0 Å². The predicted octanol–water partition coefficient (Wildman–Crippen LogP) is 3.65. The molecule has 0 aliphatic carbocycles. The highest BCUT2D eigenvalue weighted by atomic mass is 16.3. The Bertz CT molecular complexity index is 534. The van der Waals surface area contributed by atoms with Gasteiger partial charge in [0.2, 0.25) is 0 Å². The van der Waals surface area contributed by atoms with E-state index in [9.17, 15) is 5.11 Å². The molecule has 0 bridgehead atoms. The second kappa shape index (κ2) is 7.41. The molecule has 2 rings (SSSR count). The molecule has 20 heavy (non-hydrogen) atoms. The first-order valence-electron chi connectivity index (χ1n) is 7.60. The Balaban J connectivity index is 2.12. The molecule has 0 saturated carbocycles. The van der Waals surface area contributed by atoms with E-state index in [0.717, 1.165) is 26.1 Å². The summed E-state index contributed by atoms with van der Waals surface area (Å²) in [5.41, 5.74) is 1.25. The molecular formula is C18H25NO. The standard InChI is InChI=1S/C18H25NO/c1-3-19(4-2)12-11-18(14-20)17-10-9-15-7-5-6-8-16(15)13-17/h5-10,13,18,20H,3-4,11-12,14H2,1-2H3. The summed E-state index contributed by atoms with van der Waals surface area (Å²) < 4.78 is 0. The van der Waals surface area contributed by atoms with Gasteiger partial charge in [-0.3, -0.25) is 0 Å². The van der Waals surface area contributed by atoms with E-state index >= 15 is 0 Å². The lowest BCUT2D eigenvalue weighted by molar-refractivity contribution is 0.232. The highest BCUT2D eigenvalue weighted by molar-refractivity contribution is 5.83. The van der Waals surface area contributed by atoms with Gasteiger partial charge in [0, 0.05) is 12.5 Å². The Kier molecular flexibility index (Phi) is 5.57. The molecule has 2 nitrogen and oxygen atoms in total. The molecule has 1 atom stereocenters. The van der Waals surface area contributed by atoms with Gasteiger partial charge in [-0.05, 0) is 42.4 Å². The van der Waals surface area contributed by atoms with E-state index in [2.05, 4.69) is 61.2 Å². The molecule has 2 aromatic rings. The van der Waals surface area contributed by atoms with Gasteiger partial charge < -0.3 is 10.0 Å². The van der Waals surface area contributed by atoms with Crippen molar-refractivity contribution in [2.24, 2.45) is 0 Å². The second-order valence-electron chi connectivity index (χ2n) is 5.30. The fourth-order valence-corrected chi connectivity index (χ4v) is 2.70. The highest BCUT2D eigenvalue weighted by Crippen LogP contribution is 2.24. The van der Waals surface area contributed by atoms with Crippen LogP contribution in [0.2, 0.25) is 0 Å². The van der Waals surface area contributed by atoms with Crippen LogP contribution < -0.4 is 0 Å². The molecule has 2 heteroatoms. The molecule has 2 aromatic carbocycles. The van der Waals surface area contributed by atoms with Crippen LogP contribution in [0.3, 0.4) is 0 Å². The SMILES string of the molecule is CCN(CC)CCC(CO)c1ccc2ccccc2c1. The topological polar surface area (TPSA) is 23.5 Å². The third-order valence-corrected chi connectivity index (χ3v) is 4.15. The molecule has 0 fully saturated rings. The maximum atomic E-state index is 9.69. The van der Waals surface area contributed by atoms with E-state index in [-0.39, 0.29) is 12.5 Å². The maximum absolute atomic E-state index is 9.69. The predicted molar refractivity (Wildman–Crippen MR) is 86.2 cm³/mol. The van der Waals surface area contributed by atoms with Crippen molar-refractivity contribution < 1.29 is 5.11 Å². The van der Waals surface area contributed by atoms with E-state index in [4.69, 9.17) is 0 Å². The van der Waals surface area contributed by atoms with Crippen LogP contribution in [-0.2, 0) is 0 Å². The normalized spacial score (nSPS) is 13.0. The number of fused-ring (bicyclic) bond motifs is 1. The first-order chi connectivity index (χ1) is 9.78. The number of hydrogen-bond acceptors (Lipinski definition) is 2. The fourth-order valence-electron chi connectivity index (χ4n) is 2.70. The molecule has 0 aliphatic heterocycles. The van der Waals surface area contributed by atoms with Crippen molar-refractivity contribution in [2.45, 2.75) is 26.2 Å². The van der Waals surface area contributed by atoms with Crippen LogP contribution in [0.1, 0.15) is 31.7 Å². The first kappa shape index (κ1) is 15.0. The van der Waals surface area contributed by atoms with Crippen LogP contribution in [0.4, 0.5) is 0 Å². The monoisotopic (exact) mass is 271 g/mol. The van der Waals surface area contributed by atoms with E-state index in [0.29, 0.717) is 0 Å². The van der Waals surface area contributed by atoms with Gasteiger partial charge in [0.15, 0.2) is 0 Å². The molecule has 0 aliphatic rings. The Morgan fingerprint density at radius 3 is 2.35 bits per heavy atom. The number of nitrogens with zero attached hydrogens (tertiary/aromatic N) is 1. The lowest BCUT2D eigenvalue weighted by atomic mass is 9.94. The molecule has 0 heterocycles. The van der Waals surface area contributed by atoms with Gasteiger partial charge in [-0.15, -0.1) is 0 Å². The summed E-state index contributed by atoms with van der Waals surface area (Å²) in [6.45, 7) is 7.80. The molecule has 0 radical (unpaired) electrons. The number of hydrogen-bond donors (Lipinski definition) is 1. The average molecular weight is 271 g/mol. The van der Waals surface area contributed by atoms with Crippen LogP contribution in [0.25, 0.3) is 10.8 Å². The minimum absolute atomic E-state index is 0.222. The molecule has 0 amide bonds. The highest BCUT2D eigenvalue weighted by Gasteiger charge is 2.12. The van der Waals surface area contributed by atoms with Crippen LogP contribution in [0.5, 0.6) is 0 Å². The number of rotatable bonds is 7. The number of aliphatic hydroxyl groups is 1. The van der Waals surface area contributed by atoms with Gasteiger partial charge in [0.25, 0.3) is 0 Å². The van der Waals surface area contributed by atoms with E-state index in [1.165, 1.54) is 16.3 Å². The van der Waals surface area contributed by atoms with Crippen molar-refractivity contribution in [1.82, 2.24) is 4.90 Å². The summed E-state index contributed by atoms with van der Waals surface area (Å²) in [6.07, 6.45) is 1.01. The third kappa shape index (κ3) is 3.59. The minimum Gasteiger partial charge on any atom is -0.396 e. The van der Waals surface area contributed by atoms with Gasteiger partial charge in [0.05, 0.1) is 0 Å². The quantitative estimate of drug-likeness (QED) is 0.831. The van der Waals surface area contributed by atoms with Gasteiger partial charge in [0.1, 0.15) is 0 Å². The smallest absolute Gasteiger partial charge is 0.0500 e. The van der Waals surface area contributed by atoms with Gasteiger partial charge in [-0.1, -0.05) is 56.3 Å². The minimum atomic E-state index is 0.222. The Morgan fingerprint density at radius 2 is 1.70 bits per heavy atom. The zero-order valence-electron chi connectivity index (χ0n) is 12.5. The molecular weight excluding hydrogens is 246 g/mol. The summed E-state index contributed by atoms with van der Waals surface area (Å²) in [5.74, 6) is 0.236. The Hall–Kier alpha value is -1.38. The molecule has 1 N–H and O–H groups in total. The summed E-state index contributed by atoms with van der Waals surface area (Å²) >= 11 is 0. The van der Waals surface area contributed by atoms with Crippen LogP contribution in [0.15, 0.2) is 42.5 Å². The van der Waals surface area contributed by atoms with Gasteiger partial charge >= 0.3 is 0 Å². The van der Waals surface area contributed by atoms with E-state index in [1.807, 2.05) is 0 Å². The van der Waals surface area contributed by atoms with Gasteiger partial charge in [-0.25, -0.2) is 0 Å². The molecule has 108 valence electrons. The van der Waals surface area contributed by atoms with Crippen molar-refractivity contribution in [1.29, 1.82) is 0 Å². The lowest BCUT2D eigenvalue weighted by Gasteiger charge is -2.22. The average Bonchev–Trinajstić information content (AvgIpc) is 2.51. The van der Waals surface area contributed by atoms with Crippen LogP contribution >= 0.6 is 0 Å².